The zero-order chi connectivity index (χ0) is 21.7. The molecule has 0 saturated heterocycles. The summed E-state index contributed by atoms with van der Waals surface area (Å²) < 4.78 is 0. The Hall–Kier alpha value is -2.62. The van der Waals surface area contributed by atoms with Gasteiger partial charge in [0.15, 0.2) is 0 Å². The lowest BCUT2D eigenvalue weighted by atomic mass is 9.89. The number of hydrogen-bond donors (Lipinski definition) is 2. The molecule has 4 nitrogen and oxygen atoms in total. The Labute approximate surface area is 180 Å². The third-order valence-corrected chi connectivity index (χ3v) is 6.29. The van der Waals surface area contributed by atoms with Gasteiger partial charge in [-0.1, -0.05) is 59.7 Å². The van der Waals surface area contributed by atoms with Crippen LogP contribution in [0.3, 0.4) is 0 Å². The SMILES string of the molecule is Cc1cccc(C(C)C(=O)NC2CCC(NC(=O)C(C)c3cccc(C)c3)CC2)c1. The van der Waals surface area contributed by atoms with Crippen LogP contribution in [0.2, 0.25) is 0 Å². The minimum Gasteiger partial charge on any atom is -0.353 e. The van der Waals surface area contributed by atoms with Gasteiger partial charge in [0, 0.05) is 12.1 Å². The van der Waals surface area contributed by atoms with Crippen molar-refractivity contribution >= 4 is 11.8 Å². The van der Waals surface area contributed by atoms with Crippen LogP contribution in [0.25, 0.3) is 0 Å². The van der Waals surface area contributed by atoms with Crippen LogP contribution in [0.5, 0.6) is 0 Å². The number of benzene rings is 2. The first-order valence-electron chi connectivity index (χ1n) is 11.1. The monoisotopic (exact) mass is 406 g/mol. The predicted octanol–water partition coefficient (Wildman–Crippen LogP) is 4.75. The van der Waals surface area contributed by atoms with E-state index in [4.69, 9.17) is 0 Å². The zero-order valence-electron chi connectivity index (χ0n) is 18.6. The molecular weight excluding hydrogens is 372 g/mol. The van der Waals surface area contributed by atoms with E-state index in [-0.39, 0.29) is 35.7 Å². The Balaban J connectivity index is 1.46. The van der Waals surface area contributed by atoms with Crippen molar-refractivity contribution in [2.24, 2.45) is 0 Å². The molecule has 2 N–H and O–H groups in total. The summed E-state index contributed by atoms with van der Waals surface area (Å²) in [4.78, 5) is 25.4. The van der Waals surface area contributed by atoms with E-state index in [0.29, 0.717) is 0 Å². The fourth-order valence-corrected chi connectivity index (χ4v) is 4.22. The maximum absolute atomic E-state index is 12.7. The molecule has 0 bridgehead atoms. The first-order chi connectivity index (χ1) is 14.3. The molecule has 2 atom stereocenters. The van der Waals surface area contributed by atoms with Crippen LogP contribution in [-0.2, 0) is 9.59 Å². The molecule has 0 aromatic heterocycles. The van der Waals surface area contributed by atoms with E-state index in [1.165, 1.54) is 11.1 Å². The van der Waals surface area contributed by atoms with Gasteiger partial charge in [-0.2, -0.15) is 0 Å². The van der Waals surface area contributed by atoms with Gasteiger partial charge in [0.05, 0.1) is 11.8 Å². The van der Waals surface area contributed by atoms with Gasteiger partial charge < -0.3 is 10.6 Å². The number of rotatable bonds is 6. The number of aryl methyl sites for hydroxylation is 2. The molecule has 0 aliphatic heterocycles. The Morgan fingerprint density at radius 3 is 1.43 bits per heavy atom. The van der Waals surface area contributed by atoms with Gasteiger partial charge in [-0.05, 0) is 64.5 Å². The van der Waals surface area contributed by atoms with Crippen LogP contribution < -0.4 is 10.6 Å². The highest BCUT2D eigenvalue weighted by atomic mass is 16.2. The van der Waals surface area contributed by atoms with Crippen molar-refractivity contribution in [3.8, 4) is 0 Å². The molecule has 30 heavy (non-hydrogen) atoms. The quantitative estimate of drug-likeness (QED) is 0.727. The Kier molecular flexibility index (Phi) is 7.30. The summed E-state index contributed by atoms with van der Waals surface area (Å²) in [5.41, 5.74) is 4.45. The molecule has 0 radical (unpaired) electrons. The second kappa shape index (κ2) is 9.92. The molecule has 160 valence electrons. The summed E-state index contributed by atoms with van der Waals surface area (Å²) in [5.74, 6) is -0.141. The maximum Gasteiger partial charge on any atom is 0.227 e. The molecule has 1 fully saturated rings. The molecule has 0 heterocycles. The van der Waals surface area contributed by atoms with Crippen LogP contribution in [0, 0.1) is 13.8 Å². The van der Waals surface area contributed by atoms with Crippen LogP contribution in [0.15, 0.2) is 48.5 Å². The average Bonchev–Trinajstić information content (AvgIpc) is 2.74. The Morgan fingerprint density at radius 2 is 1.10 bits per heavy atom. The fourth-order valence-electron chi connectivity index (χ4n) is 4.22. The Bertz CT molecular complexity index is 811. The predicted molar refractivity (Wildman–Crippen MR) is 122 cm³/mol. The summed E-state index contributed by atoms with van der Waals surface area (Å²) in [5, 5.41) is 6.43. The lowest BCUT2D eigenvalue weighted by molar-refractivity contribution is -0.124. The van der Waals surface area contributed by atoms with Gasteiger partial charge in [-0.15, -0.1) is 0 Å². The topological polar surface area (TPSA) is 58.2 Å². The van der Waals surface area contributed by atoms with Crippen LogP contribution in [0.1, 0.15) is 73.6 Å². The molecule has 4 heteroatoms. The van der Waals surface area contributed by atoms with Gasteiger partial charge in [-0.25, -0.2) is 0 Å². The van der Waals surface area contributed by atoms with Crippen LogP contribution in [-0.4, -0.2) is 23.9 Å². The van der Waals surface area contributed by atoms with Crippen molar-refractivity contribution in [2.75, 3.05) is 0 Å². The summed E-state index contributed by atoms with van der Waals surface area (Å²) in [7, 11) is 0. The van der Waals surface area contributed by atoms with Crippen molar-refractivity contribution in [1.29, 1.82) is 0 Å². The largest absolute Gasteiger partial charge is 0.353 e. The molecule has 1 saturated carbocycles. The fraction of sp³-hybridized carbons (Fsp3) is 0.462. The standard InChI is InChI=1S/C26H34N2O2/c1-17-7-5-9-21(15-17)19(3)25(29)27-23-11-13-24(14-12-23)28-26(30)20(4)22-10-6-8-18(2)16-22/h5-10,15-16,19-20,23-24H,11-14H2,1-4H3,(H,27,29)(H,28,30). The first kappa shape index (κ1) is 22.1. The highest BCUT2D eigenvalue weighted by molar-refractivity contribution is 5.84. The molecule has 2 aromatic carbocycles. The smallest absolute Gasteiger partial charge is 0.227 e. The van der Waals surface area contributed by atoms with Crippen LogP contribution >= 0.6 is 0 Å². The minimum atomic E-state index is -0.155. The molecule has 1 aliphatic rings. The summed E-state index contributed by atoms with van der Waals surface area (Å²) >= 11 is 0. The van der Waals surface area contributed by atoms with E-state index < -0.39 is 0 Å². The third kappa shape index (κ3) is 5.71. The van der Waals surface area contributed by atoms with Gasteiger partial charge in [0.25, 0.3) is 0 Å². The van der Waals surface area contributed by atoms with Gasteiger partial charge in [0.1, 0.15) is 0 Å². The van der Waals surface area contributed by atoms with E-state index in [0.717, 1.165) is 36.8 Å². The van der Waals surface area contributed by atoms with E-state index in [2.05, 4.69) is 22.8 Å². The first-order valence-corrected chi connectivity index (χ1v) is 11.1. The third-order valence-electron chi connectivity index (χ3n) is 6.29. The maximum atomic E-state index is 12.7. The summed E-state index contributed by atoms with van der Waals surface area (Å²) in [6.07, 6.45) is 3.60. The van der Waals surface area contributed by atoms with Crippen molar-refractivity contribution in [3.05, 3.63) is 70.8 Å². The highest BCUT2D eigenvalue weighted by Gasteiger charge is 2.26. The summed E-state index contributed by atoms with van der Waals surface area (Å²) in [6, 6.07) is 16.6. The molecule has 2 aromatic rings. The second-order valence-corrected chi connectivity index (χ2v) is 8.84. The molecular formula is C26H34N2O2. The van der Waals surface area contributed by atoms with Crippen LogP contribution in [0.4, 0.5) is 0 Å². The summed E-state index contributed by atoms with van der Waals surface area (Å²) in [6.45, 7) is 8.01. The normalized spacial score (nSPS) is 20.8. The van der Waals surface area contributed by atoms with Crippen molar-refractivity contribution < 1.29 is 9.59 Å². The second-order valence-electron chi connectivity index (χ2n) is 8.84. The lowest BCUT2D eigenvalue weighted by Gasteiger charge is -2.31. The Morgan fingerprint density at radius 1 is 0.733 bits per heavy atom. The van der Waals surface area contributed by atoms with Gasteiger partial charge in [-0.3, -0.25) is 9.59 Å². The molecule has 3 rings (SSSR count). The number of amides is 2. The van der Waals surface area contributed by atoms with Crippen molar-refractivity contribution in [1.82, 2.24) is 10.6 Å². The van der Waals surface area contributed by atoms with Crippen molar-refractivity contribution in [3.63, 3.8) is 0 Å². The van der Waals surface area contributed by atoms with E-state index in [1.54, 1.807) is 0 Å². The number of nitrogens with one attached hydrogen (secondary N) is 2. The number of hydrogen-bond acceptors (Lipinski definition) is 2. The van der Waals surface area contributed by atoms with Crippen molar-refractivity contribution in [2.45, 2.75) is 77.3 Å². The van der Waals surface area contributed by atoms with E-state index >= 15 is 0 Å². The highest BCUT2D eigenvalue weighted by Crippen LogP contribution is 2.23. The molecule has 0 spiro atoms. The molecule has 2 unspecified atom stereocenters. The van der Waals surface area contributed by atoms with Gasteiger partial charge in [0.2, 0.25) is 11.8 Å². The average molecular weight is 407 g/mol. The van der Waals surface area contributed by atoms with E-state index in [1.807, 2.05) is 64.1 Å². The number of carbonyl (C=O) groups excluding carboxylic acids is 2. The number of carbonyl (C=O) groups is 2. The van der Waals surface area contributed by atoms with E-state index in [9.17, 15) is 9.59 Å². The minimum absolute atomic E-state index is 0.0844. The van der Waals surface area contributed by atoms with Gasteiger partial charge >= 0.3 is 0 Å². The molecule has 2 amide bonds. The lowest BCUT2D eigenvalue weighted by Crippen LogP contribution is -2.45. The molecule has 1 aliphatic carbocycles. The zero-order valence-corrected chi connectivity index (χ0v) is 18.6.